The summed E-state index contributed by atoms with van der Waals surface area (Å²) in [6.45, 7) is 1.53. The molecule has 3 saturated heterocycles. The molecule has 0 spiro atoms. The average Bonchev–Trinajstić information content (AvgIpc) is 3.94. The van der Waals surface area contributed by atoms with Crippen LogP contribution in [0.1, 0.15) is 48.9 Å². The molecule has 25 nitrogen and oxygen atoms in total. The van der Waals surface area contributed by atoms with Crippen molar-refractivity contribution < 1.29 is 102 Å². The lowest BCUT2D eigenvalue weighted by Crippen LogP contribution is -2.67. The van der Waals surface area contributed by atoms with E-state index < -0.39 is 154 Å². The summed E-state index contributed by atoms with van der Waals surface area (Å²) < 4.78 is 59.3. The van der Waals surface area contributed by atoms with Crippen LogP contribution in [0.5, 0.6) is 0 Å². The minimum Gasteiger partial charge on any atom is -0.445 e. The number of aliphatic hydroxyl groups is 7. The van der Waals surface area contributed by atoms with E-state index in [-0.39, 0.29) is 39.3 Å². The second-order valence-corrected chi connectivity index (χ2v) is 20.4. The van der Waals surface area contributed by atoms with Gasteiger partial charge in [-0.3, -0.25) is 0 Å². The summed E-state index contributed by atoms with van der Waals surface area (Å²) in [5.41, 5.74) is 2.66. The Hall–Kier alpha value is -6.56. The molecule has 4 aromatic carbocycles. The van der Waals surface area contributed by atoms with Gasteiger partial charge in [0.15, 0.2) is 18.9 Å². The van der Waals surface area contributed by atoms with E-state index in [2.05, 4.69) is 21.3 Å². The quantitative estimate of drug-likeness (QED) is 0.0529. The molecule has 3 heterocycles. The van der Waals surface area contributed by atoms with Gasteiger partial charge in [0.05, 0.1) is 24.9 Å². The second kappa shape index (κ2) is 29.6. The maximum Gasteiger partial charge on any atom is 0.407 e. The van der Waals surface area contributed by atoms with Gasteiger partial charge < -0.3 is 104 Å². The monoisotopic (exact) mass is 1150 g/mol. The first kappa shape index (κ1) is 61.5. The molecule has 0 aromatic heterocycles. The van der Waals surface area contributed by atoms with E-state index in [1.54, 1.807) is 135 Å². The van der Waals surface area contributed by atoms with Gasteiger partial charge in [-0.25, -0.2) is 19.2 Å². The zero-order valence-corrected chi connectivity index (χ0v) is 45.0. The van der Waals surface area contributed by atoms with Crippen LogP contribution in [0, 0.1) is 5.92 Å². The van der Waals surface area contributed by atoms with Crippen molar-refractivity contribution in [2.75, 3.05) is 13.2 Å². The van der Waals surface area contributed by atoms with Crippen molar-refractivity contribution in [1.82, 2.24) is 21.3 Å². The normalized spacial score (nSPS) is 32.6. The van der Waals surface area contributed by atoms with E-state index in [9.17, 15) is 54.9 Å². The number of hydrogen-bond acceptors (Lipinski definition) is 21. The standard InChI is InChI=1S/C57H72N4O21/c1-3-37-43(64)45(66)40(60-56(71)75-29-34-20-12-6-13-21-34)51(77-37)80-48-31(2)24-36(59-55(70)74-28-33-18-10-5-11-19-33)42(63)50(48)82-53-47(68)49(39(26-62)79-53)81-52-41(61-57(72)76-30-35-22-14-7-15-23-35)46(67)44(65)38(78-52)25-58-54(69)73-27-32-16-8-4-9-17-32/h4-23,31,36-53,62-68H,3,24-30H2,1-2H3,(H,58,69)(H,59,70)(H,60,71)(H,61,72)/t31-,36+,37+,38-,39+,40+,41+,42-,43+,44+,45+,46+,47+,48+,49+,50+,51+,52+,53-/m0/s1. The molecule has 0 unspecified atom stereocenters. The first-order valence-corrected chi connectivity index (χ1v) is 27.1. The molecule has 4 fully saturated rings. The third-order valence-corrected chi connectivity index (χ3v) is 14.6. The fraction of sp³-hybridized carbons (Fsp3) is 0.509. The smallest absolute Gasteiger partial charge is 0.407 e. The number of alkyl carbamates (subject to hydrolysis) is 4. The van der Waals surface area contributed by atoms with Crippen molar-refractivity contribution in [3.05, 3.63) is 144 Å². The van der Waals surface area contributed by atoms with Crippen LogP contribution in [-0.2, 0) is 73.8 Å². The molecule has 4 aliphatic rings. The molecule has 19 atom stereocenters. The third-order valence-electron chi connectivity index (χ3n) is 14.6. The van der Waals surface area contributed by atoms with E-state index in [4.69, 9.17) is 47.4 Å². The van der Waals surface area contributed by atoms with Gasteiger partial charge in [-0.1, -0.05) is 135 Å². The number of carbonyl (C=O) groups is 4. The van der Waals surface area contributed by atoms with Crippen molar-refractivity contribution in [2.24, 2.45) is 5.92 Å². The van der Waals surface area contributed by atoms with E-state index >= 15 is 0 Å². The lowest BCUT2D eigenvalue weighted by Gasteiger charge is -2.48. The Morgan fingerprint density at radius 3 is 1.30 bits per heavy atom. The Labute approximate surface area is 472 Å². The van der Waals surface area contributed by atoms with Gasteiger partial charge in [-0.15, -0.1) is 0 Å². The summed E-state index contributed by atoms with van der Waals surface area (Å²) in [6.07, 6.45) is -27.8. The van der Waals surface area contributed by atoms with E-state index in [1.807, 2.05) is 0 Å². The van der Waals surface area contributed by atoms with E-state index in [1.165, 1.54) is 0 Å². The molecule has 8 rings (SSSR count). The largest absolute Gasteiger partial charge is 0.445 e. The molecule has 25 heteroatoms. The van der Waals surface area contributed by atoms with Crippen LogP contribution in [0.2, 0.25) is 0 Å². The zero-order chi connectivity index (χ0) is 58.3. The maximum atomic E-state index is 13.3. The summed E-state index contributed by atoms with van der Waals surface area (Å²) in [4.78, 5) is 52.8. The second-order valence-electron chi connectivity index (χ2n) is 20.4. The van der Waals surface area contributed by atoms with E-state index in [0.29, 0.717) is 22.3 Å². The minimum absolute atomic E-state index is 0.00761. The molecule has 11 N–H and O–H groups in total. The number of benzene rings is 4. The molecule has 82 heavy (non-hydrogen) atoms. The Balaban J connectivity index is 1.02. The molecular formula is C57H72N4O21. The molecule has 1 saturated carbocycles. The highest BCUT2D eigenvalue weighted by atomic mass is 16.8. The molecular weight excluding hydrogens is 1080 g/mol. The molecule has 446 valence electrons. The summed E-state index contributed by atoms with van der Waals surface area (Å²) >= 11 is 0. The van der Waals surface area contributed by atoms with Gasteiger partial charge in [-0.05, 0) is 41.0 Å². The predicted octanol–water partition coefficient (Wildman–Crippen LogP) is 1.74. The highest BCUT2D eigenvalue weighted by Crippen LogP contribution is 2.38. The number of carbonyl (C=O) groups excluding carboxylic acids is 4. The average molecular weight is 1150 g/mol. The van der Waals surface area contributed by atoms with Gasteiger partial charge in [0, 0.05) is 6.54 Å². The number of hydrogen-bond donors (Lipinski definition) is 11. The Morgan fingerprint density at radius 2 is 0.854 bits per heavy atom. The number of ether oxygens (including phenoxy) is 10. The molecule has 0 bridgehead atoms. The SMILES string of the molecule is CC[C@H]1O[C@H](O[C@H]2[C@H](O[C@@H]3O[C@H](CO)[C@@H](O[C@H]4O[C@@H](CNC(=O)OCc5ccccc5)[C@@H](O)[C@H](O)[C@H]4NC(=O)OCc4ccccc4)[C@H]3O)[C@@H](O)[C@H](NC(=O)OCc3ccccc3)C[C@@H]2C)[C@H](NC(=O)OCc2ccccc2)[C@@H](O)[C@@H]1O. The van der Waals surface area contributed by atoms with Crippen LogP contribution >= 0.6 is 0 Å². The molecule has 4 aromatic rings. The number of amides is 4. The minimum atomic E-state index is -1.91. The zero-order valence-electron chi connectivity index (χ0n) is 45.0. The molecule has 0 radical (unpaired) electrons. The van der Waals surface area contributed by atoms with Crippen LogP contribution in [0.4, 0.5) is 19.2 Å². The first-order valence-electron chi connectivity index (χ1n) is 27.1. The van der Waals surface area contributed by atoms with Crippen LogP contribution in [-0.4, -0.2) is 184 Å². The third kappa shape index (κ3) is 16.2. The molecule has 4 amide bonds. The lowest BCUT2D eigenvalue weighted by molar-refractivity contribution is -0.315. The lowest BCUT2D eigenvalue weighted by atomic mass is 9.80. The maximum absolute atomic E-state index is 13.3. The molecule has 3 aliphatic heterocycles. The number of rotatable bonds is 21. The molecule has 1 aliphatic carbocycles. The van der Waals surface area contributed by atoms with Crippen molar-refractivity contribution in [2.45, 2.75) is 163 Å². The topological polar surface area (TPSA) is 350 Å². The van der Waals surface area contributed by atoms with Crippen LogP contribution in [0.3, 0.4) is 0 Å². The Kier molecular flexibility index (Phi) is 22.2. The van der Waals surface area contributed by atoms with Crippen molar-refractivity contribution in [3.63, 3.8) is 0 Å². The summed E-state index contributed by atoms with van der Waals surface area (Å²) in [6, 6.07) is 30.8. The van der Waals surface area contributed by atoms with Gasteiger partial charge in [-0.2, -0.15) is 0 Å². The van der Waals surface area contributed by atoms with Crippen molar-refractivity contribution >= 4 is 24.4 Å². The highest BCUT2D eigenvalue weighted by molar-refractivity contribution is 5.69. The van der Waals surface area contributed by atoms with Crippen molar-refractivity contribution in [3.8, 4) is 0 Å². The van der Waals surface area contributed by atoms with Crippen LogP contribution in [0.25, 0.3) is 0 Å². The first-order chi connectivity index (χ1) is 39.6. The predicted molar refractivity (Wildman–Crippen MR) is 283 cm³/mol. The van der Waals surface area contributed by atoms with Crippen LogP contribution < -0.4 is 21.3 Å². The van der Waals surface area contributed by atoms with Gasteiger partial charge >= 0.3 is 24.4 Å². The summed E-state index contributed by atoms with van der Waals surface area (Å²) in [5.74, 6) is -0.705. The fourth-order valence-corrected chi connectivity index (χ4v) is 10.1. The van der Waals surface area contributed by atoms with Gasteiger partial charge in [0.25, 0.3) is 0 Å². The van der Waals surface area contributed by atoms with Crippen LogP contribution in [0.15, 0.2) is 121 Å². The fourth-order valence-electron chi connectivity index (χ4n) is 10.1. The Morgan fingerprint density at radius 1 is 0.463 bits per heavy atom. The van der Waals surface area contributed by atoms with Crippen molar-refractivity contribution in [1.29, 1.82) is 0 Å². The summed E-state index contributed by atoms with van der Waals surface area (Å²) in [5, 5.41) is 91.0. The highest BCUT2D eigenvalue weighted by Gasteiger charge is 2.56. The van der Waals surface area contributed by atoms with Gasteiger partial charge in [0.1, 0.15) is 99.6 Å². The number of aliphatic hydroxyl groups excluding tert-OH is 7. The Bertz CT molecular complexity index is 2620. The number of nitrogens with one attached hydrogen (secondary N) is 4. The summed E-state index contributed by atoms with van der Waals surface area (Å²) in [7, 11) is 0. The van der Waals surface area contributed by atoms with Gasteiger partial charge in [0.2, 0.25) is 0 Å². The van der Waals surface area contributed by atoms with E-state index in [0.717, 1.165) is 0 Å².